The Morgan fingerprint density at radius 1 is 1.36 bits per heavy atom. The molecule has 1 fully saturated rings. The maximum atomic E-state index is 12.9. The molecule has 1 aliphatic heterocycles. The number of amides is 2. The number of alkyl halides is 3. The molecule has 2 rings (SSSR count). The first-order valence-corrected chi connectivity index (χ1v) is 7.88. The molecule has 1 unspecified atom stereocenters. The van der Waals surface area contributed by atoms with E-state index in [4.69, 9.17) is 4.74 Å². The summed E-state index contributed by atoms with van der Waals surface area (Å²) in [6.07, 6.45) is -3.42. The molecule has 0 saturated carbocycles. The minimum absolute atomic E-state index is 0.0259. The van der Waals surface area contributed by atoms with Gasteiger partial charge < -0.3 is 15.0 Å². The third-order valence-electron chi connectivity index (χ3n) is 4.55. The third-order valence-corrected chi connectivity index (χ3v) is 4.55. The lowest BCUT2D eigenvalue weighted by Gasteiger charge is -2.36. The van der Waals surface area contributed by atoms with Crippen LogP contribution in [0.4, 0.5) is 13.2 Å². The highest BCUT2D eigenvalue weighted by Gasteiger charge is 2.49. The minimum Gasteiger partial charge on any atom is -0.382 e. The largest absolute Gasteiger partial charge is 0.416 e. The molecular formula is C17H21F3N2O3. The van der Waals surface area contributed by atoms with Gasteiger partial charge in [-0.2, -0.15) is 13.2 Å². The second-order valence-corrected chi connectivity index (χ2v) is 6.13. The number of halogens is 3. The summed E-state index contributed by atoms with van der Waals surface area (Å²) < 4.78 is 43.6. The Hall–Kier alpha value is -2.09. The number of carbonyl (C=O) groups is 2. The van der Waals surface area contributed by atoms with Crippen molar-refractivity contribution < 1.29 is 27.5 Å². The van der Waals surface area contributed by atoms with Crippen LogP contribution in [0.25, 0.3) is 0 Å². The highest BCUT2D eigenvalue weighted by Crippen LogP contribution is 2.34. The van der Waals surface area contributed by atoms with Gasteiger partial charge in [-0.25, -0.2) is 0 Å². The molecule has 0 spiro atoms. The number of hydrogen-bond donors (Lipinski definition) is 1. The summed E-state index contributed by atoms with van der Waals surface area (Å²) in [5.41, 5.74) is -1.58. The number of likely N-dealkylation sites (tertiary alicyclic amines) is 1. The number of benzene rings is 1. The van der Waals surface area contributed by atoms with Crippen LogP contribution in [-0.2, 0) is 15.7 Å². The van der Waals surface area contributed by atoms with E-state index < -0.39 is 23.2 Å². The normalized spacial score (nSPS) is 20.6. The molecule has 25 heavy (non-hydrogen) atoms. The zero-order chi connectivity index (χ0) is 18.8. The molecule has 0 aromatic heterocycles. The molecule has 1 aromatic rings. The summed E-state index contributed by atoms with van der Waals surface area (Å²) in [6.45, 7) is 1.82. The van der Waals surface area contributed by atoms with E-state index in [0.29, 0.717) is 19.4 Å². The molecule has 2 amide bonds. The quantitative estimate of drug-likeness (QED) is 0.899. The van der Waals surface area contributed by atoms with Crippen molar-refractivity contribution in [2.45, 2.75) is 31.5 Å². The maximum Gasteiger partial charge on any atom is 0.416 e. The van der Waals surface area contributed by atoms with Gasteiger partial charge in [0, 0.05) is 26.3 Å². The number of nitrogens with one attached hydrogen (secondary N) is 1. The van der Waals surface area contributed by atoms with Gasteiger partial charge >= 0.3 is 6.18 Å². The van der Waals surface area contributed by atoms with E-state index in [1.807, 2.05) is 0 Å². The summed E-state index contributed by atoms with van der Waals surface area (Å²) in [6, 6.07) is 3.00. The van der Waals surface area contributed by atoms with Crippen molar-refractivity contribution in [3.05, 3.63) is 34.9 Å². The van der Waals surface area contributed by atoms with Gasteiger partial charge in [-0.1, -0.05) is 0 Å². The second-order valence-electron chi connectivity index (χ2n) is 6.13. The van der Waals surface area contributed by atoms with Crippen molar-refractivity contribution in [2.75, 3.05) is 27.3 Å². The van der Waals surface area contributed by atoms with Crippen LogP contribution in [-0.4, -0.2) is 49.6 Å². The molecule has 0 bridgehead atoms. The minimum atomic E-state index is -4.47. The first-order chi connectivity index (χ1) is 11.7. The zero-order valence-electron chi connectivity index (χ0n) is 14.4. The summed E-state index contributed by atoms with van der Waals surface area (Å²) in [7, 11) is 2.92. The van der Waals surface area contributed by atoms with Crippen LogP contribution in [0.1, 0.15) is 34.3 Å². The number of aryl methyl sites for hydroxylation is 1. The fourth-order valence-electron chi connectivity index (χ4n) is 3.32. The monoisotopic (exact) mass is 358 g/mol. The van der Waals surface area contributed by atoms with Crippen LogP contribution in [0.3, 0.4) is 0 Å². The Morgan fingerprint density at radius 3 is 2.56 bits per heavy atom. The first kappa shape index (κ1) is 19.2. The average Bonchev–Trinajstić information content (AvgIpc) is 2.97. The molecular weight excluding hydrogens is 337 g/mol. The summed E-state index contributed by atoms with van der Waals surface area (Å²) in [4.78, 5) is 26.8. The average molecular weight is 358 g/mol. The smallest absolute Gasteiger partial charge is 0.382 e. The predicted octanol–water partition coefficient (Wildman–Crippen LogP) is 2.38. The van der Waals surface area contributed by atoms with Crippen molar-refractivity contribution in [3.8, 4) is 0 Å². The number of ether oxygens (including phenoxy) is 1. The Morgan fingerprint density at radius 2 is 2.04 bits per heavy atom. The van der Waals surface area contributed by atoms with Crippen molar-refractivity contribution in [1.82, 2.24) is 10.2 Å². The van der Waals surface area contributed by atoms with Crippen LogP contribution in [0.15, 0.2) is 18.2 Å². The highest BCUT2D eigenvalue weighted by molar-refractivity contribution is 6.00. The van der Waals surface area contributed by atoms with E-state index in [1.54, 1.807) is 0 Å². The molecule has 1 N–H and O–H groups in total. The fourth-order valence-corrected chi connectivity index (χ4v) is 3.32. The lowest BCUT2D eigenvalue weighted by Crippen LogP contribution is -2.59. The SMILES string of the molecule is CNC(=O)C1(COC)CCCN1C(=O)c1ccc(C(F)(F)F)cc1C. The number of nitrogens with zero attached hydrogens (tertiary/aromatic N) is 1. The number of hydrogen-bond acceptors (Lipinski definition) is 3. The van der Waals surface area contributed by atoms with Gasteiger partial charge in [-0.3, -0.25) is 9.59 Å². The first-order valence-electron chi connectivity index (χ1n) is 7.88. The molecule has 0 aliphatic carbocycles. The van der Waals surface area contributed by atoms with Crippen LogP contribution in [0.2, 0.25) is 0 Å². The van der Waals surface area contributed by atoms with Gasteiger partial charge in [-0.05, 0) is 43.5 Å². The topological polar surface area (TPSA) is 58.6 Å². The van der Waals surface area contributed by atoms with Crippen LogP contribution in [0, 0.1) is 6.92 Å². The van der Waals surface area contributed by atoms with E-state index in [0.717, 1.165) is 12.1 Å². The molecule has 1 saturated heterocycles. The third kappa shape index (κ3) is 3.49. The van der Waals surface area contributed by atoms with Crippen LogP contribution in [0.5, 0.6) is 0 Å². The van der Waals surface area contributed by atoms with Crippen molar-refractivity contribution in [3.63, 3.8) is 0 Å². The molecule has 1 aliphatic rings. The molecule has 138 valence electrons. The standard InChI is InChI=1S/C17H21F3N2O3/c1-11-9-12(17(18,19)20)5-6-13(11)14(23)22-8-4-7-16(22,10-25-3)15(24)21-2/h5-6,9H,4,7-8,10H2,1-3H3,(H,21,24). The van der Waals surface area contributed by atoms with Crippen LogP contribution < -0.4 is 5.32 Å². The van der Waals surface area contributed by atoms with E-state index in [2.05, 4.69) is 5.32 Å². The fraction of sp³-hybridized carbons (Fsp3) is 0.529. The van der Waals surface area contributed by atoms with Crippen molar-refractivity contribution in [1.29, 1.82) is 0 Å². The van der Waals surface area contributed by atoms with E-state index in [9.17, 15) is 22.8 Å². The van der Waals surface area contributed by atoms with Gasteiger partial charge in [-0.15, -0.1) is 0 Å². The van der Waals surface area contributed by atoms with Gasteiger partial charge in [0.2, 0.25) is 5.91 Å². The maximum absolute atomic E-state index is 12.9. The van der Waals surface area contributed by atoms with Gasteiger partial charge in [0.05, 0.1) is 12.2 Å². The molecule has 1 aromatic carbocycles. The van der Waals surface area contributed by atoms with Crippen molar-refractivity contribution in [2.24, 2.45) is 0 Å². The lowest BCUT2D eigenvalue weighted by molar-refractivity contribution is -0.137. The molecule has 8 heteroatoms. The number of carbonyl (C=O) groups excluding carboxylic acids is 2. The molecule has 1 atom stereocenters. The summed E-state index contributed by atoms with van der Waals surface area (Å²) >= 11 is 0. The number of likely N-dealkylation sites (N-methyl/N-ethyl adjacent to an activating group) is 1. The number of rotatable bonds is 4. The molecule has 5 nitrogen and oxygen atoms in total. The lowest BCUT2D eigenvalue weighted by atomic mass is 9.94. The van der Waals surface area contributed by atoms with Crippen LogP contribution >= 0.6 is 0 Å². The van der Waals surface area contributed by atoms with E-state index in [1.165, 1.54) is 32.0 Å². The zero-order valence-corrected chi connectivity index (χ0v) is 14.4. The molecule has 0 radical (unpaired) electrons. The highest BCUT2D eigenvalue weighted by atomic mass is 19.4. The Kier molecular flexibility index (Phi) is 5.41. The second kappa shape index (κ2) is 7.03. The predicted molar refractivity (Wildman–Crippen MR) is 85.1 cm³/mol. The molecule has 1 heterocycles. The Labute approximate surface area is 144 Å². The Balaban J connectivity index is 2.40. The van der Waals surface area contributed by atoms with Gasteiger partial charge in [0.15, 0.2) is 0 Å². The Bertz CT molecular complexity index is 676. The summed E-state index contributed by atoms with van der Waals surface area (Å²) in [5, 5.41) is 2.55. The van der Waals surface area contributed by atoms with E-state index >= 15 is 0 Å². The van der Waals surface area contributed by atoms with Gasteiger partial charge in [0.25, 0.3) is 5.91 Å². The summed E-state index contributed by atoms with van der Waals surface area (Å²) in [5.74, 6) is -0.811. The number of methoxy groups -OCH3 is 1. The van der Waals surface area contributed by atoms with Gasteiger partial charge in [0.1, 0.15) is 5.54 Å². The van der Waals surface area contributed by atoms with Crippen molar-refractivity contribution >= 4 is 11.8 Å². The van der Waals surface area contributed by atoms with E-state index in [-0.39, 0.29) is 23.6 Å².